The van der Waals surface area contributed by atoms with Crippen LogP contribution in [0.1, 0.15) is 36.7 Å². The average Bonchev–Trinajstić information content (AvgIpc) is 2.76. The summed E-state index contributed by atoms with van der Waals surface area (Å²) in [6.07, 6.45) is 0. The number of ether oxygens (including phenoxy) is 1. The van der Waals surface area contributed by atoms with Crippen LogP contribution in [0.2, 0.25) is 10.0 Å². The van der Waals surface area contributed by atoms with Crippen molar-refractivity contribution in [2.24, 2.45) is 0 Å². The van der Waals surface area contributed by atoms with Gasteiger partial charge in [0.15, 0.2) is 5.76 Å². The Balaban J connectivity index is 1.82. The molecule has 1 heterocycles. The fourth-order valence-corrected chi connectivity index (χ4v) is 3.59. The van der Waals surface area contributed by atoms with Crippen molar-refractivity contribution in [3.63, 3.8) is 0 Å². The van der Waals surface area contributed by atoms with Crippen LogP contribution in [0.15, 0.2) is 75.9 Å². The lowest BCUT2D eigenvalue weighted by atomic mass is 9.87. The topological polar surface area (TPSA) is 56.5 Å². The summed E-state index contributed by atoms with van der Waals surface area (Å²) in [4.78, 5) is 26.2. The molecule has 0 amide bonds. The zero-order valence-corrected chi connectivity index (χ0v) is 19.3. The highest BCUT2D eigenvalue weighted by atomic mass is 35.5. The summed E-state index contributed by atoms with van der Waals surface area (Å²) in [6.45, 7) is 6.26. The van der Waals surface area contributed by atoms with E-state index in [4.69, 9.17) is 32.4 Å². The van der Waals surface area contributed by atoms with E-state index in [1.165, 1.54) is 6.07 Å². The summed E-state index contributed by atoms with van der Waals surface area (Å²) >= 11 is 12.1. The van der Waals surface area contributed by atoms with Crippen molar-refractivity contribution in [1.29, 1.82) is 0 Å². The Hall–Kier alpha value is -3.08. The molecule has 0 aliphatic carbocycles. The highest BCUT2D eigenvalue weighted by molar-refractivity contribution is 6.31. The second kappa shape index (κ2) is 8.45. The number of rotatable bonds is 3. The SMILES string of the molecule is CC(C)(C)c1ccc(C(=O)Oc2c(-c3ccc(Cl)cc3)oc3ccc(Cl)cc3c2=O)cc1. The van der Waals surface area contributed by atoms with Crippen molar-refractivity contribution in [1.82, 2.24) is 0 Å². The van der Waals surface area contributed by atoms with E-state index in [2.05, 4.69) is 20.8 Å². The van der Waals surface area contributed by atoms with Crippen molar-refractivity contribution < 1.29 is 13.9 Å². The van der Waals surface area contributed by atoms with Gasteiger partial charge in [0.05, 0.1) is 10.9 Å². The first-order valence-corrected chi connectivity index (χ1v) is 10.7. The molecule has 0 saturated heterocycles. The lowest BCUT2D eigenvalue weighted by Gasteiger charge is -2.19. The van der Waals surface area contributed by atoms with Gasteiger partial charge in [-0.15, -0.1) is 0 Å². The fourth-order valence-electron chi connectivity index (χ4n) is 3.29. The maximum atomic E-state index is 13.3. The zero-order valence-electron chi connectivity index (χ0n) is 17.7. The van der Waals surface area contributed by atoms with Crippen molar-refractivity contribution in [3.05, 3.63) is 98.1 Å². The molecular weight excluding hydrogens is 447 g/mol. The zero-order chi connectivity index (χ0) is 23.0. The first kappa shape index (κ1) is 22.1. The molecule has 0 atom stereocenters. The molecule has 0 fully saturated rings. The van der Waals surface area contributed by atoms with E-state index in [0.717, 1.165) is 5.56 Å². The van der Waals surface area contributed by atoms with Gasteiger partial charge in [0.2, 0.25) is 11.2 Å². The molecule has 32 heavy (non-hydrogen) atoms. The third kappa shape index (κ3) is 4.43. The van der Waals surface area contributed by atoms with Crippen molar-refractivity contribution in [3.8, 4) is 17.1 Å². The van der Waals surface area contributed by atoms with E-state index in [1.807, 2.05) is 12.1 Å². The van der Waals surface area contributed by atoms with E-state index in [-0.39, 0.29) is 22.3 Å². The molecular formula is C26H20Cl2O4. The minimum Gasteiger partial charge on any atom is -0.452 e. The Morgan fingerprint density at radius 3 is 2.12 bits per heavy atom. The van der Waals surface area contributed by atoms with E-state index < -0.39 is 11.4 Å². The highest BCUT2D eigenvalue weighted by Crippen LogP contribution is 2.33. The minimum absolute atomic E-state index is 0.0527. The van der Waals surface area contributed by atoms with Crippen LogP contribution < -0.4 is 10.2 Å². The molecule has 0 radical (unpaired) electrons. The monoisotopic (exact) mass is 466 g/mol. The molecule has 3 aromatic carbocycles. The normalized spacial score (nSPS) is 11.5. The number of hydrogen-bond acceptors (Lipinski definition) is 4. The molecule has 0 unspecified atom stereocenters. The maximum absolute atomic E-state index is 13.3. The van der Waals surface area contributed by atoms with Gasteiger partial charge < -0.3 is 9.15 Å². The third-order valence-electron chi connectivity index (χ3n) is 5.10. The molecule has 0 aliphatic heterocycles. The van der Waals surface area contributed by atoms with E-state index in [1.54, 1.807) is 48.5 Å². The van der Waals surface area contributed by atoms with Gasteiger partial charge in [0, 0.05) is 15.6 Å². The number of hydrogen-bond donors (Lipinski definition) is 0. The van der Waals surface area contributed by atoms with Gasteiger partial charge in [-0.1, -0.05) is 56.1 Å². The number of benzene rings is 3. The first-order chi connectivity index (χ1) is 15.1. The summed E-state index contributed by atoms with van der Waals surface area (Å²) < 4.78 is 11.6. The van der Waals surface area contributed by atoms with Crippen molar-refractivity contribution >= 4 is 40.1 Å². The van der Waals surface area contributed by atoms with E-state index in [0.29, 0.717) is 26.8 Å². The molecule has 4 nitrogen and oxygen atoms in total. The second-order valence-electron chi connectivity index (χ2n) is 8.45. The summed E-state index contributed by atoms with van der Waals surface area (Å²) in [5.41, 5.74) is 1.75. The van der Waals surface area contributed by atoms with E-state index in [9.17, 15) is 9.59 Å². The van der Waals surface area contributed by atoms with Gasteiger partial charge in [-0.3, -0.25) is 4.79 Å². The molecule has 0 N–H and O–H groups in total. The van der Waals surface area contributed by atoms with Crippen LogP contribution in [0.3, 0.4) is 0 Å². The molecule has 0 aliphatic rings. The minimum atomic E-state index is -0.658. The summed E-state index contributed by atoms with van der Waals surface area (Å²) in [5.74, 6) is -0.720. The van der Waals surface area contributed by atoms with Crippen molar-refractivity contribution in [2.75, 3.05) is 0 Å². The quantitative estimate of drug-likeness (QED) is 0.297. The Labute approximate surface area is 195 Å². The molecule has 0 bridgehead atoms. The summed E-state index contributed by atoms with van der Waals surface area (Å²) in [7, 11) is 0. The van der Waals surface area contributed by atoms with Crippen LogP contribution in [-0.2, 0) is 5.41 Å². The van der Waals surface area contributed by atoms with Gasteiger partial charge in [-0.05, 0) is 65.6 Å². The second-order valence-corrected chi connectivity index (χ2v) is 9.33. The predicted molar refractivity (Wildman–Crippen MR) is 128 cm³/mol. The summed E-state index contributed by atoms with van der Waals surface area (Å²) in [5, 5.41) is 1.13. The molecule has 4 rings (SSSR count). The van der Waals surface area contributed by atoms with E-state index >= 15 is 0 Å². The van der Waals surface area contributed by atoms with Crippen LogP contribution >= 0.6 is 23.2 Å². The molecule has 1 aromatic heterocycles. The number of fused-ring (bicyclic) bond motifs is 1. The maximum Gasteiger partial charge on any atom is 0.343 e. The Morgan fingerprint density at radius 1 is 0.875 bits per heavy atom. The predicted octanol–water partition coefficient (Wildman–Crippen LogP) is 7.28. The standard InChI is InChI=1S/C26H20Cl2O4/c1-26(2,3)17-8-4-16(5-9-17)25(30)32-24-22(29)20-14-19(28)12-13-21(20)31-23(24)15-6-10-18(27)11-7-15/h4-14H,1-3H3. The van der Waals surface area contributed by atoms with Crippen LogP contribution in [0.25, 0.3) is 22.3 Å². The average molecular weight is 467 g/mol. The highest BCUT2D eigenvalue weighted by Gasteiger charge is 2.22. The number of carbonyl (C=O) groups is 1. The Morgan fingerprint density at radius 2 is 1.50 bits per heavy atom. The summed E-state index contributed by atoms with van der Waals surface area (Å²) in [6, 6.07) is 18.6. The van der Waals surface area contributed by atoms with Crippen LogP contribution in [0, 0.1) is 0 Å². The molecule has 6 heteroatoms. The molecule has 0 spiro atoms. The van der Waals surface area contributed by atoms with Crippen LogP contribution in [0.5, 0.6) is 5.75 Å². The van der Waals surface area contributed by atoms with Crippen LogP contribution in [0.4, 0.5) is 0 Å². The Bertz CT molecular complexity index is 1360. The number of esters is 1. The third-order valence-corrected chi connectivity index (χ3v) is 5.59. The van der Waals surface area contributed by atoms with Gasteiger partial charge in [0.1, 0.15) is 5.58 Å². The van der Waals surface area contributed by atoms with Gasteiger partial charge in [-0.2, -0.15) is 0 Å². The van der Waals surface area contributed by atoms with Crippen LogP contribution in [-0.4, -0.2) is 5.97 Å². The van der Waals surface area contributed by atoms with Gasteiger partial charge in [0.25, 0.3) is 0 Å². The first-order valence-electron chi connectivity index (χ1n) is 9.98. The van der Waals surface area contributed by atoms with Gasteiger partial charge >= 0.3 is 5.97 Å². The fraction of sp³-hybridized carbons (Fsp3) is 0.154. The lowest BCUT2D eigenvalue weighted by Crippen LogP contribution is -2.17. The molecule has 0 saturated carbocycles. The molecule has 4 aromatic rings. The van der Waals surface area contributed by atoms with Crippen molar-refractivity contribution in [2.45, 2.75) is 26.2 Å². The Kier molecular flexibility index (Phi) is 5.85. The van der Waals surface area contributed by atoms with Gasteiger partial charge in [-0.25, -0.2) is 4.79 Å². The smallest absolute Gasteiger partial charge is 0.343 e. The lowest BCUT2D eigenvalue weighted by molar-refractivity contribution is 0.0731. The largest absolute Gasteiger partial charge is 0.452 e. The number of carbonyl (C=O) groups excluding carboxylic acids is 1. The molecule has 162 valence electrons. The number of halogens is 2.